The van der Waals surface area contributed by atoms with Crippen LogP contribution in [0.1, 0.15) is 30.4 Å². The van der Waals surface area contributed by atoms with Crippen molar-refractivity contribution >= 4 is 17.7 Å². The molecule has 0 spiro atoms. The predicted molar refractivity (Wildman–Crippen MR) is 112 cm³/mol. The van der Waals surface area contributed by atoms with Gasteiger partial charge >= 0.3 is 0 Å². The highest BCUT2D eigenvalue weighted by Gasteiger charge is 2.44. The molecule has 0 aliphatic heterocycles. The Labute approximate surface area is 167 Å². The molecule has 1 aliphatic rings. The summed E-state index contributed by atoms with van der Waals surface area (Å²) in [5.74, 6) is 0.929. The van der Waals surface area contributed by atoms with Gasteiger partial charge in [0.25, 0.3) is 0 Å². The third kappa shape index (κ3) is 4.37. The Kier molecular flexibility index (Phi) is 6.25. The predicted octanol–water partition coefficient (Wildman–Crippen LogP) is 4.98. The van der Waals surface area contributed by atoms with Crippen LogP contribution in [-0.4, -0.2) is 37.8 Å². The lowest BCUT2D eigenvalue weighted by atomic mass is 9.67. The monoisotopic (exact) mass is 385 g/mol. The summed E-state index contributed by atoms with van der Waals surface area (Å²) in [5, 5.41) is 12.7. The number of hydrogen-bond donors (Lipinski definition) is 1. The van der Waals surface area contributed by atoms with Gasteiger partial charge in [0.05, 0.1) is 7.11 Å². The van der Waals surface area contributed by atoms with Crippen LogP contribution in [0.25, 0.3) is 6.08 Å². The van der Waals surface area contributed by atoms with E-state index < -0.39 is 5.60 Å². The molecule has 1 fully saturated rings. The average molecular weight is 386 g/mol. The normalized spacial score (nSPS) is 24.4. The van der Waals surface area contributed by atoms with E-state index in [2.05, 4.69) is 25.1 Å². The molecule has 1 aliphatic carbocycles. The van der Waals surface area contributed by atoms with E-state index in [0.717, 1.165) is 53.3 Å². The summed E-state index contributed by atoms with van der Waals surface area (Å²) in [6, 6.07) is 15.6. The van der Waals surface area contributed by atoms with Crippen molar-refractivity contribution in [3.05, 3.63) is 70.3 Å². The van der Waals surface area contributed by atoms with E-state index in [9.17, 15) is 5.11 Å². The minimum atomic E-state index is -0.992. The molecule has 27 heavy (non-hydrogen) atoms. The maximum absolute atomic E-state index is 12.0. The van der Waals surface area contributed by atoms with Crippen LogP contribution in [0, 0.1) is 5.92 Å². The number of halogens is 1. The van der Waals surface area contributed by atoms with Crippen LogP contribution in [0.3, 0.4) is 0 Å². The highest BCUT2D eigenvalue weighted by Crippen LogP contribution is 2.46. The van der Waals surface area contributed by atoms with Crippen molar-refractivity contribution in [1.82, 2.24) is 4.90 Å². The molecule has 2 aromatic rings. The van der Waals surface area contributed by atoms with E-state index in [1.165, 1.54) is 0 Å². The van der Waals surface area contributed by atoms with Crippen molar-refractivity contribution in [2.24, 2.45) is 5.92 Å². The van der Waals surface area contributed by atoms with Crippen LogP contribution in [0.5, 0.6) is 5.75 Å². The fourth-order valence-corrected chi connectivity index (χ4v) is 4.20. The zero-order valence-corrected chi connectivity index (χ0v) is 17.0. The van der Waals surface area contributed by atoms with E-state index in [-0.39, 0.29) is 5.92 Å². The minimum absolute atomic E-state index is 0.133. The third-order valence-corrected chi connectivity index (χ3v) is 5.66. The van der Waals surface area contributed by atoms with Gasteiger partial charge in [-0.15, -0.1) is 0 Å². The molecular formula is C23H28ClNO2. The summed E-state index contributed by atoms with van der Waals surface area (Å²) >= 11 is 6.03. The van der Waals surface area contributed by atoms with Gasteiger partial charge < -0.3 is 14.7 Å². The molecule has 2 aromatic carbocycles. The van der Waals surface area contributed by atoms with Crippen LogP contribution in [-0.2, 0) is 5.60 Å². The summed E-state index contributed by atoms with van der Waals surface area (Å²) in [7, 11) is 5.78. The number of hydrogen-bond acceptors (Lipinski definition) is 3. The van der Waals surface area contributed by atoms with Crippen LogP contribution in [0.15, 0.2) is 54.1 Å². The second-order valence-electron chi connectivity index (χ2n) is 7.57. The first kappa shape index (κ1) is 19.9. The Hall–Kier alpha value is -1.81. The highest BCUT2D eigenvalue weighted by molar-refractivity contribution is 6.30. The maximum Gasteiger partial charge on any atom is 0.118 e. The smallest absolute Gasteiger partial charge is 0.118 e. The molecule has 0 saturated heterocycles. The molecule has 3 nitrogen and oxygen atoms in total. The molecule has 4 heteroatoms. The lowest BCUT2D eigenvalue weighted by Crippen LogP contribution is -2.44. The zero-order chi connectivity index (χ0) is 19.4. The van der Waals surface area contributed by atoms with Crippen molar-refractivity contribution in [2.75, 3.05) is 27.7 Å². The second kappa shape index (κ2) is 8.47. The number of ether oxygens (including phenoxy) is 1. The molecule has 0 aromatic heterocycles. The molecule has 3 rings (SSSR count). The largest absolute Gasteiger partial charge is 0.497 e. The fourth-order valence-electron chi connectivity index (χ4n) is 4.07. The number of nitrogens with zero attached hydrogens (tertiary/aromatic N) is 1. The van der Waals surface area contributed by atoms with Gasteiger partial charge in [-0.05, 0) is 74.3 Å². The van der Waals surface area contributed by atoms with E-state index in [0.29, 0.717) is 0 Å². The van der Waals surface area contributed by atoms with Crippen molar-refractivity contribution in [3.8, 4) is 5.75 Å². The number of aliphatic hydroxyl groups is 1. The Morgan fingerprint density at radius 1 is 1.15 bits per heavy atom. The molecule has 2 unspecified atom stereocenters. The Bertz CT molecular complexity index is 783. The van der Waals surface area contributed by atoms with Crippen LogP contribution < -0.4 is 4.74 Å². The SMILES string of the molecule is COc1ccc(C2(O)/C(=C/c3ccc(Cl)cc3)CCCC2CN(C)C)cc1. The Morgan fingerprint density at radius 2 is 1.81 bits per heavy atom. The number of rotatable bonds is 5. The van der Waals surface area contributed by atoms with Gasteiger partial charge in [-0.1, -0.05) is 41.9 Å². The molecule has 0 bridgehead atoms. The highest BCUT2D eigenvalue weighted by atomic mass is 35.5. The molecule has 1 saturated carbocycles. The van der Waals surface area contributed by atoms with Gasteiger partial charge in [0.2, 0.25) is 0 Å². The molecule has 1 N–H and O–H groups in total. The van der Waals surface area contributed by atoms with Crippen LogP contribution in [0.4, 0.5) is 0 Å². The lowest BCUT2D eigenvalue weighted by Gasteiger charge is -2.44. The topological polar surface area (TPSA) is 32.7 Å². The second-order valence-corrected chi connectivity index (χ2v) is 8.00. The van der Waals surface area contributed by atoms with Crippen molar-refractivity contribution in [1.29, 1.82) is 0 Å². The average Bonchev–Trinajstić information content (AvgIpc) is 2.66. The lowest BCUT2D eigenvalue weighted by molar-refractivity contribution is -0.0174. The first-order valence-electron chi connectivity index (χ1n) is 9.41. The van der Waals surface area contributed by atoms with Gasteiger partial charge in [0, 0.05) is 17.5 Å². The standard InChI is InChI=1S/C23H28ClNO2/c1-25(2)16-20-6-4-5-19(15-17-7-11-21(24)12-8-17)23(20,26)18-9-13-22(27-3)14-10-18/h7-15,20,26H,4-6,16H2,1-3H3/b19-15+. The van der Waals surface area contributed by atoms with Gasteiger partial charge in [0.15, 0.2) is 0 Å². The molecule has 0 heterocycles. The van der Waals surface area contributed by atoms with E-state index in [4.69, 9.17) is 16.3 Å². The van der Waals surface area contributed by atoms with Crippen molar-refractivity contribution in [2.45, 2.75) is 24.9 Å². The first-order chi connectivity index (χ1) is 12.9. The molecular weight excluding hydrogens is 358 g/mol. The number of methoxy groups -OCH3 is 1. The first-order valence-corrected chi connectivity index (χ1v) is 9.79. The van der Waals surface area contributed by atoms with Crippen LogP contribution in [0.2, 0.25) is 5.02 Å². The van der Waals surface area contributed by atoms with E-state index in [1.807, 2.05) is 48.5 Å². The Balaban J connectivity index is 2.06. The van der Waals surface area contributed by atoms with Gasteiger partial charge in [0.1, 0.15) is 11.4 Å². The van der Waals surface area contributed by atoms with Gasteiger partial charge in [-0.3, -0.25) is 0 Å². The van der Waals surface area contributed by atoms with Crippen molar-refractivity contribution in [3.63, 3.8) is 0 Å². The van der Waals surface area contributed by atoms with E-state index >= 15 is 0 Å². The minimum Gasteiger partial charge on any atom is -0.497 e. The Morgan fingerprint density at radius 3 is 2.41 bits per heavy atom. The summed E-state index contributed by atoms with van der Waals surface area (Å²) < 4.78 is 5.30. The summed E-state index contributed by atoms with van der Waals surface area (Å²) in [6.07, 6.45) is 5.09. The number of benzene rings is 2. The quantitative estimate of drug-likeness (QED) is 0.787. The fraction of sp³-hybridized carbons (Fsp3) is 0.391. The van der Waals surface area contributed by atoms with E-state index in [1.54, 1.807) is 7.11 Å². The van der Waals surface area contributed by atoms with Gasteiger partial charge in [-0.2, -0.15) is 0 Å². The maximum atomic E-state index is 12.0. The molecule has 0 radical (unpaired) electrons. The van der Waals surface area contributed by atoms with Crippen molar-refractivity contribution < 1.29 is 9.84 Å². The van der Waals surface area contributed by atoms with Gasteiger partial charge in [-0.25, -0.2) is 0 Å². The van der Waals surface area contributed by atoms with Crippen LogP contribution >= 0.6 is 11.6 Å². The molecule has 2 atom stereocenters. The summed E-state index contributed by atoms with van der Waals surface area (Å²) in [6.45, 7) is 0.834. The summed E-state index contributed by atoms with van der Waals surface area (Å²) in [4.78, 5) is 2.16. The molecule has 0 amide bonds. The molecule has 144 valence electrons. The third-order valence-electron chi connectivity index (χ3n) is 5.41. The zero-order valence-electron chi connectivity index (χ0n) is 16.3. The summed E-state index contributed by atoms with van der Waals surface area (Å²) in [5.41, 5.74) is 2.06.